The summed E-state index contributed by atoms with van der Waals surface area (Å²) in [4.78, 5) is 10.3. The van der Waals surface area contributed by atoms with E-state index in [1.807, 2.05) is 45.0 Å². The summed E-state index contributed by atoms with van der Waals surface area (Å²) in [7, 11) is 0. The van der Waals surface area contributed by atoms with Crippen LogP contribution in [0.3, 0.4) is 0 Å². The van der Waals surface area contributed by atoms with Crippen molar-refractivity contribution in [2.45, 2.75) is 27.2 Å². The average Bonchev–Trinajstić information content (AvgIpc) is 2.24. The molecule has 0 aliphatic carbocycles. The lowest BCUT2D eigenvalue weighted by Gasteiger charge is -1.99. The van der Waals surface area contributed by atoms with Crippen LogP contribution in [-0.4, -0.2) is 16.8 Å². The number of aryl methyl sites for hydroxylation is 1. The third-order valence-electron chi connectivity index (χ3n) is 1.76. The number of rotatable bonds is 3. The first kappa shape index (κ1) is 13.4. The van der Waals surface area contributed by atoms with E-state index in [4.69, 9.17) is 10.5 Å². The van der Waals surface area contributed by atoms with Gasteiger partial charge in [-0.1, -0.05) is 43.7 Å². The maximum atomic E-state index is 10.3. The van der Waals surface area contributed by atoms with Crippen LogP contribution in [0.25, 0.3) is 0 Å². The van der Waals surface area contributed by atoms with E-state index in [1.165, 1.54) is 0 Å². The molecule has 0 spiro atoms. The molecule has 15 heavy (non-hydrogen) atoms. The molecular formula is C12H17NO2. The fourth-order valence-electron chi connectivity index (χ4n) is 0.986. The normalized spacial score (nSPS) is 8.73. The van der Waals surface area contributed by atoms with Crippen molar-refractivity contribution in [3.8, 4) is 0 Å². The van der Waals surface area contributed by atoms with Crippen LogP contribution in [-0.2, 0) is 11.2 Å². The van der Waals surface area contributed by atoms with Gasteiger partial charge in [-0.05, 0) is 12.5 Å². The molecule has 0 atom stereocenters. The van der Waals surface area contributed by atoms with Crippen LogP contribution in [0, 0.1) is 12.3 Å². The maximum Gasteiger partial charge on any atom is 0.349 e. The molecule has 0 bridgehead atoms. The molecule has 1 aromatic carbocycles. The second kappa shape index (κ2) is 6.76. The average molecular weight is 207 g/mol. The lowest BCUT2D eigenvalue weighted by Crippen LogP contribution is -2.14. The summed E-state index contributed by atoms with van der Waals surface area (Å²) in [5.41, 5.74) is 1.72. The number of hydrogen-bond donors (Lipinski definition) is 2. The van der Waals surface area contributed by atoms with E-state index >= 15 is 0 Å². The van der Waals surface area contributed by atoms with Gasteiger partial charge in [0.05, 0.1) is 0 Å². The van der Waals surface area contributed by atoms with E-state index in [0.717, 1.165) is 11.1 Å². The minimum Gasteiger partial charge on any atom is -0.477 e. The number of aliphatic carboxylic acids is 1. The molecule has 2 N–H and O–H groups in total. The van der Waals surface area contributed by atoms with Crippen LogP contribution in [0.5, 0.6) is 0 Å². The van der Waals surface area contributed by atoms with Gasteiger partial charge in [-0.25, -0.2) is 4.79 Å². The highest BCUT2D eigenvalue weighted by Crippen LogP contribution is 2.04. The quantitative estimate of drug-likeness (QED) is 0.748. The topological polar surface area (TPSA) is 61.2 Å². The summed E-state index contributed by atoms with van der Waals surface area (Å²) in [6, 6.07) is 7.49. The number of carboxylic acids is 1. The molecule has 0 radical (unpaired) electrons. The molecule has 0 saturated carbocycles. The summed E-state index contributed by atoms with van der Waals surface area (Å²) in [6.45, 7) is 5.96. The second-order valence-electron chi connectivity index (χ2n) is 2.95. The van der Waals surface area contributed by atoms with Crippen molar-refractivity contribution in [1.29, 1.82) is 5.41 Å². The van der Waals surface area contributed by atoms with Crippen molar-refractivity contribution in [3.05, 3.63) is 35.4 Å². The Hall–Kier alpha value is -1.64. The molecule has 3 nitrogen and oxygen atoms in total. The Balaban J connectivity index is 0.000000921. The van der Waals surface area contributed by atoms with Gasteiger partial charge in [-0.3, -0.25) is 5.41 Å². The van der Waals surface area contributed by atoms with Crippen LogP contribution in [0.15, 0.2) is 24.3 Å². The van der Waals surface area contributed by atoms with Crippen LogP contribution in [0.2, 0.25) is 0 Å². The number of carboxylic acid groups (broad SMARTS) is 1. The van der Waals surface area contributed by atoms with Gasteiger partial charge in [0.25, 0.3) is 0 Å². The van der Waals surface area contributed by atoms with E-state index < -0.39 is 5.97 Å². The predicted octanol–water partition coefficient (Wildman–Crippen LogP) is 2.67. The minimum absolute atomic E-state index is 0.190. The monoisotopic (exact) mass is 207 g/mol. The molecule has 0 fully saturated rings. The molecule has 0 heterocycles. The molecule has 0 aliphatic rings. The van der Waals surface area contributed by atoms with Gasteiger partial charge in [0.2, 0.25) is 0 Å². The molecule has 1 rings (SSSR count). The molecule has 0 amide bonds. The van der Waals surface area contributed by atoms with Gasteiger partial charge in [-0.15, -0.1) is 0 Å². The van der Waals surface area contributed by atoms with Crippen LogP contribution in [0.4, 0.5) is 0 Å². The summed E-state index contributed by atoms with van der Waals surface area (Å²) in [5, 5.41) is 15.6. The van der Waals surface area contributed by atoms with E-state index in [9.17, 15) is 4.79 Å². The summed E-state index contributed by atoms with van der Waals surface area (Å²) >= 11 is 0. The van der Waals surface area contributed by atoms with Crippen molar-refractivity contribution >= 4 is 11.7 Å². The molecule has 1 aromatic rings. The summed E-state index contributed by atoms with van der Waals surface area (Å²) in [5.74, 6) is -1.15. The standard InChI is InChI=1S/C10H11NO2.C2H6/c1-7-2-4-8(5-3-7)6-9(11)10(12)13;1-2/h2-5,11H,6H2,1H3,(H,12,13);1-2H3. The first-order chi connectivity index (χ1) is 7.09. The fourth-order valence-corrected chi connectivity index (χ4v) is 0.986. The highest BCUT2D eigenvalue weighted by Gasteiger charge is 2.06. The van der Waals surface area contributed by atoms with Gasteiger partial charge >= 0.3 is 5.97 Å². The largest absolute Gasteiger partial charge is 0.477 e. The predicted molar refractivity (Wildman–Crippen MR) is 61.6 cm³/mol. The molecule has 0 aliphatic heterocycles. The molecular weight excluding hydrogens is 190 g/mol. The second-order valence-corrected chi connectivity index (χ2v) is 2.95. The van der Waals surface area contributed by atoms with Crippen molar-refractivity contribution in [3.63, 3.8) is 0 Å². The summed E-state index contributed by atoms with van der Waals surface area (Å²) < 4.78 is 0. The third-order valence-corrected chi connectivity index (χ3v) is 1.76. The van der Waals surface area contributed by atoms with Gasteiger partial charge in [-0.2, -0.15) is 0 Å². The first-order valence-corrected chi connectivity index (χ1v) is 4.96. The van der Waals surface area contributed by atoms with Crippen molar-refractivity contribution in [2.24, 2.45) is 0 Å². The van der Waals surface area contributed by atoms with Crippen molar-refractivity contribution in [2.75, 3.05) is 0 Å². The Morgan fingerprint density at radius 1 is 1.27 bits per heavy atom. The first-order valence-electron chi connectivity index (χ1n) is 4.96. The Labute approximate surface area is 90.3 Å². The lowest BCUT2D eigenvalue weighted by atomic mass is 10.1. The van der Waals surface area contributed by atoms with E-state index in [1.54, 1.807) is 0 Å². The minimum atomic E-state index is -1.15. The van der Waals surface area contributed by atoms with Gasteiger partial charge in [0.1, 0.15) is 5.71 Å². The number of nitrogens with one attached hydrogen (secondary N) is 1. The Morgan fingerprint density at radius 3 is 2.13 bits per heavy atom. The van der Waals surface area contributed by atoms with Gasteiger partial charge < -0.3 is 5.11 Å². The maximum absolute atomic E-state index is 10.3. The SMILES string of the molecule is CC.Cc1ccc(CC(=N)C(=O)O)cc1. The Morgan fingerprint density at radius 2 is 1.73 bits per heavy atom. The Bertz CT molecular complexity index is 328. The van der Waals surface area contributed by atoms with E-state index in [0.29, 0.717) is 0 Å². The van der Waals surface area contributed by atoms with Gasteiger partial charge in [0, 0.05) is 6.42 Å². The highest BCUT2D eigenvalue weighted by atomic mass is 16.4. The number of benzene rings is 1. The zero-order valence-corrected chi connectivity index (χ0v) is 9.37. The van der Waals surface area contributed by atoms with Crippen molar-refractivity contribution in [1.82, 2.24) is 0 Å². The highest BCUT2D eigenvalue weighted by molar-refractivity contribution is 6.34. The zero-order chi connectivity index (χ0) is 11.8. The zero-order valence-electron chi connectivity index (χ0n) is 9.37. The van der Waals surface area contributed by atoms with Gasteiger partial charge in [0.15, 0.2) is 0 Å². The molecule has 0 unspecified atom stereocenters. The Kier molecular flexibility index (Phi) is 6.02. The number of carbonyl (C=O) groups is 1. The fraction of sp³-hybridized carbons (Fsp3) is 0.333. The van der Waals surface area contributed by atoms with E-state index in [2.05, 4.69) is 0 Å². The molecule has 0 saturated heterocycles. The van der Waals surface area contributed by atoms with Crippen LogP contribution >= 0.6 is 0 Å². The smallest absolute Gasteiger partial charge is 0.349 e. The van der Waals surface area contributed by atoms with E-state index in [-0.39, 0.29) is 12.1 Å². The lowest BCUT2D eigenvalue weighted by molar-refractivity contribution is -0.129. The van der Waals surface area contributed by atoms with Crippen LogP contribution in [0.1, 0.15) is 25.0 Å². The van der Waals surface area contributed by atoms with Crippen LogP contribution < -0.4 is 0 Å². The number of hydrogen-bond acceptors (Lipinski definition) is 2. The van der Waals surface area contributed by atoms with Crippen molar-refractivity contribution < 1.29 is 9.90 Å². The molecule has 82 valence electrons. The molecule has 3 heteroatoms. The molecule has 0 aromatic heterocycles. The summed E-state index contributed by atoms with van der Waals surface area (Å²) in [6.07, 6.45) is 0.190. The third kappa shape index (κ3) is 4.96.